The summed E-state index contributed by atoms with van der Waals surface area (Å²) in [4.78, 5) is 17.1. The minimum atomic E-state index is -0.220. The summed E-state index contributed by atoms with van der Waals surface area (Å²) in [5.41, 5.74) is 0. The number of carbonyl (C=O) groups is 1. The molecule has 0 rings (SSSR count). The molecule has 0 aromatic carbocycles. The average molecular weight is 241 g/mol. The van der Waals surface area contributed by atoms with Crippen LogP contribution in [0.1, 0.15) is 19.3 Å². The zero-order valence-electron chi connectivity index (χ0n) is 11.0. The van der Waals surface area contributed by atoms with Gasteiger partial charge in [0, 0.05) is 27.2 Å². The summed E-state index contributed by atoms with van der Waals surface area (Å²) in [5, 5.41) is 3.11. The Kier molecular flexibility index (Phi) is 8.82. The van der Waals surface area contributed by atoms with Gasteiger partial charge in [0.15, 0.2) is 5.96 Å². The van der Waals surface area contributed by atoms with E-state index in [2.05, 4.69) is 21.6 Å². The van der Waals surface area contributed by atoms with Crippen molar-refractivity contribution >= 4 is 11.9 Å². The zero-order valence-corrected chi connectivity index (χ0v) is 11.0. The maximum Gasteiger partial charge on any atom is 0.307 e. The molecule has 0 fully saturated rings. The maximum atomic E-state index is 10.9. The van der Waals surface area contributed by atoms with Crippen LogP contribution in [0, 0.1) is 0 Å². The van der Waals surface area contributed by atoms with Gasteiger partial charge in [0.05, 0.1) is 13.5 Å². The number of nitrogens with one attached hydrogen (secondary N) is 1. The van der Waals surface area contributed by atoms with Crippen molar-refractivity contribution in [2.24, 2.45) is 4.99 Å². The zero-order chi connectivity index (χ0) is 13.1. The van der Waals surface area contributed by atoms with Crippen LogP contribution in [-0.2, 0) is 9.53 Å². The van der Waals surface area contributed by atoms with Crippen molar-refractivity contribution in [3.05, 3.63) is 12.7 Å². The Bertz CT molecular complexity index is 264. The first-order chi connectivity index (χ1) is 8.15. The number of rotatable bonds is 7. The number of carbonyl (C=O) groups excluding carboxylic acids is 1. The van der Waals surface area contributed by atoms with Crippen LogP contribution in [0.2, 0.25) is 0 Å². The van der Waals surface area contributed by atoms with Crippen LogP contribution in [-0.4, -0.2) is 51.1 Å². The number of unbranched alkanes of at least 4 members (excludes halogenated alkanes) is 1. The number of esters is 1. The molecular formula is C12H23N3O2. The van der Waals surface area contributed by atoms with Gasteiger partial charge in [-0.25, -0.2) is 0 Å². The highest BCUT2D eigenvalue weighted by atomic mass is 16.5. The predicted molar refractivity (Wildman–Crippen MR) is 70.1 cm³/mol. The second-order valence-electron chi connectivity index (χ2n) is 3.65. The Morgan fingerprint density at radius 3 is 2.82 bits per heavy atom. The normalized spacial score (nSPS) is 10.9. The third kappa shape index (κ3) is 7.38. The van der Waals surface area contributed by atoms with Crippen molar-refractivity contribution in [2.45, 2.75) is 19.3 Å². The number of ether oxygens (including phenoxy) is 1. The van der Waals surface area contributed by atoms with Crippen molar-refractivity contribution in [1.82, 2.24) is 10.2 Å². The van der Waals surface area contributed by atoms with Gasteiger partial charge < -0.3 is 15.0 Å². The molecule has 0 amide bonds. The molecular weight excluding hydrogens is 218 g/mol. The van der Waals surface area contributed by atoms with Crippen LogP contribution < -0.4 is 5.32 Å². The summed E-state index contributed by atoms with van der Waals surface area (Å²) in [6.45, 7) is 5.12. The highest BCUT2D eigenvalue weighted by Crippen LogP contribution is 1.94. The lowest BCUT2D eigenvalue weighted by atomic mass is 10.3. The van der Waals surface area contributed by atoms with E-state index in [9.17, 15) is 4.79 Å². The largest absolute Gasteiger partial charge is 0.469 e. The monoisotopic (exact) mass is 241 g/mol. The first-order valence-electron chi connectivity index (χ1n) is 5.75. The first kappa shape index (κ1) is 15.5. The van der Waals surface area contributed by atoms with E-state index >= 15 is 0 Å². The van der Waals surface area contributed by atoms with E-state index in [1.165, 1.54) is 7.11 Å². The maximum absolute atomic E-state index is 10.9. The molecule has 0 unspecified atom stereocenters. The third-order valence-corrected chi connectivity index (χ3v) is 2.32. The molecule has 17 heavy (non-hydrogen) atoms. The van der Waals surface area contributed by atoms with E-state index in [1.807, 2.05) is 18.0 Å². The second-order valence-corrected chi connectivity index (χ2v) is 3.65. The molecule has 98 valence electrons. The summed E-state index contributed by atoms with van der Waals surface area (Å²) in [6.07, 6.45) is 4.28. The van der Waals surface area contributed by atoms with Crippen molar-refractivity contribution in [1.29, 1.82) is 0 Å². The fourth-order valence-corrected chi connectivity index (χ4v) is 1.34. The van der Waals surface area contributed by atoms with Crippen molar-refractivity contribution in [3.63, 3.8) is 0 Å². The van der Waals surface area contributed by atoms with Crippen LogP contribution in [0.5, 0.6) is 0 Å². The van der Waals surface area contributed by atoms with Gasteiger partial charge in [-0.05, 0) is 12.8 Å². The van der Waals surface area contributed by atoms with Gasteiger partial charge in [0.1, 0.15) is 0 Å². The molecule has 0 aliphatic carbocycles. The molecule has 0 aromatic rings. The summed E-state index contributed by atoms with van der Waals surface area (Å²) >= 11 is 0. The molecule has 0 aliphatic rings. The first-order valence-corrected chi connectivity index (χ1v) is 5.75. The van der Waals surface area contributed by atoms with Crippen LogP contribution in [0.25, 0.3) is 0 Å². The fourth-order valence-electron chi connectivity index (χ4n) is 1.34. The van der Waals surface area contributed by atoms with Crippen LogP contribution in [0.3, 0.4) is 0 Å². The average Bonchev–Trinajstić information content (AvgIpc) is 2.34. The van der Waals surface area contributed by atoms with Gasteiger partial charge in [-0.3, -0.25) is 9.79 Å². The number of hydrogen-bond acceptors (Lipinski definition) is 3. The SMILES string of the molecule is C=CCCCN(C)C(=NC)NCCC(=O)OC. The summed E-state index contributed by atoms with van der Waals surface area (Å²) in [6, 6.07) is 0. The molecule has 1 N–H and O–H groups in total. The lowest BCUT2D eigenvalue weighted by Crippen LogP contribution is -2.40. The molecule has 0 atom stereocenters. The molecule has 0 bridgehead atoms. The Balaban J connectivity index is 3.89. The van der Waals surface area contributed by atoms with Crippen molar-refractivity contribution in [2.75, 3.05) is 34.3 Å². The Morgan fingerprint density at radius 1 is 1.59 bits per heavy atom. The summed E-state index contributed by atoms with van der Waals surface area (Å²) in [5.74, 6) is 0.570. The summed E-state index contributed by atoms with van der Waals surface area (Å²) in [7, 11) is 5.08. The minimum absolute atomic E-state index is 0.220. The van der Waals surface area contributed by atoms with Gasteiger partial charge in [-0.15, -0.1) is 6.58 Å². The van der Waals surface area contributed by atoms with Crippen LogP contribution in [0.15, 0.2) is 17.6 Å². The lowest BCUT2D eigenvalue weighted by molar-refractivity contribution is -0.140. The molecule has 5 nitrogen and oxygen atoms in total. The topological polar surface area (TPSA) is 53.9 Å². The minimum Gasteiger partial charge on any atom is -0.469 e. The highest BCUT2D eigenvalue weighted by molar-refractivity contribution is 5.80. The second kappa shape index (κ2) is 9.69. The molecule has 0 radical (unpaired) electrons. The number of methoxy groups -OCH3 is 1. The van der Waals surface area contributed by atoms with E-state index in [-0.39, 0.29) is 5.97 Å². The fraction of sp³-hybridized carbons (Fsp3) is 0.667. The molecule has 0 spiro atoms. The molecule has 0 heterocycles. The van der Waals surface area contributed by atoms with Gasteiger partial charge in [0.25, 0.3) is 0 Å². The predicted octanol–water partition coefficient (Wildman–Crippen LogP) is 1.02. The smallest absolute Gasteiger partial charge is 0.307 e. The van der Waals surface area contributed by atoms with E-state index in [4.69, 9.17) is 0 Å². The van der Waals surface area contributed by atoms with E-state index in [0.717, 1.165) is 25.3 Å². The van der Waals surface area contributed by atoms with Crippen molar-refractivity contribution < 1.29 is 9.53 Å². The highest BCUT2D eigenvalue weighted by Gasteiger charge is 2.05. The van der Waals surface area contributed by atoms with Gasteiger partial charge in [0.2, 0.25) is 0 Å². The van der Waals surface area contributed by atoms with E-state index in [0.29, 0.717) is 13.0 Å². The van der Waals surface area contributed by atoms with Crippen molar-refractivity contribution in [3.8, 4) is 0 Å². The Hall–Kier alpha value is -1.52. The van der Waals surface area contributed by atoms with Crippen LogP contribution >= 0.6 is 0 Å². The van der Waals surface area contributed by atoms with Crippen LogP contribution in [0.4, 0.5) is 0 Å². The van der Waals surface area contributed by atoms with Gasteiger partial charge >= 0.3 is 5.97 Å². The van der Waals surface area contributed by atoms with Gasteiger partial charge in [-0.2, -0.15) is 0 Å². The standard InChI is InChI=1S/C12H23N3O2/c1-5-6-7-10-15(3)12(13-2)14-9-8-11(16)17-4/h5H,1,6-10H2,2-4H3,(H,13,14). The quantitative estimate of drug-likeness (QED) is 0.238. The number of aliphatic imine (C=N–C) groups is 1. The van der Waals surface area contributed by atoms with Gasteiger partial charge in [-0.1, -0.05) is 6.08 Å². The number of nitrogens with zero attached hydrogens (tertiary/aromatic N) is 2. The molecule has 0 aliphatic heterocycles. The molecule has 5 heteroatoms. The summed E-state index contributed by atoms with van der Waals surface area (Å²) < 4.78 is 4.56. The molecule has 0 saturated carbocycles. The molecule has 0 saturated heterocycles. The lowest BCUT2D eigenvalue weighted by Gasteiger charge is -2.21. The van der Waals surface area contributed by atoms with E-state index < -0.39 is 0 Å². The number of allylic oxidation sites excluding steroid dienone is 1. The number of guanidine groups is 1. The molecule has 0 aromatic heterocycles. The van der Waals surface area contributed by atoms with E-state index in [1.54, 1.807) is 7.05 Å². The third-order valence-electron chi connectivity index (χ3n) is 2.32. The Morgan fingerprint density at radius 2 is 2.29 bits per heavy atom. The number of hydrogen-bond donors (Lipinski definition) is 1. The Labute approximate surface area is 104 Å².